The van der Waals surface area contributed by atoms with Gasteiger partial charge in [0.2, 0.25) is 5.91 Å². The van der Waals surface area contributed by atoms with Crippen LogP contribution in [0.25, 0.3) is 11.4 Å². The molecule has 1 atom stereocenters. The number of amides is 1. The minimum atomic E-state index is -0.399. The lowest BCUT2D eigenvalue weighted by Gasteiger charge is -2.18. The lowest BCUT2D eigenvalue weighted by Crippen LogP contribution is -2.36. The molecule has 0 fully saturated rings. The maximum atomic E-state index is 13.4. The number of hydrogen-bond acceptors (Lipinski definition) is 4. The van der Waals surface area contributed by atoms with E-state index < -0.39 is 5.82 Å². The Kier molecular flexibility index (Phi) is 5.95. The molecule has 0 saturated heterocycles. The fourth-order valence-corrected chi connectivity index (χ4v) is 4.16. The second-order valence-corrected chi connectivity index (χ2v) is 7.73. The molecule has 1 heterocycles. The van der Waals surface area contributed by atoms with Crippen LogP contribution in [-0.2, 0) is 24.2 Å². The van der Waals surface area contributed by atoms with E-state index in [1.54, 1.807) is 6.92 Å². The van der Waals surface area contributed by atoms with Crippen molar-refractivity contribution in [2.75, 3.05) is 6.61 Å². The Morgan fingerprint density at radius 2 is 1.97 bits per heavy atom. The highest BCUT2D eigenvalue weighted by atomic mass is 19.1. The van der Waals surface area contributed by atoms with Crippen molar-refractivity contribution in [3.05, 3.63) is 87.1 Å². The first-order chi connectivity index (χ1) is 15.0. The van der Waals surface area contributed by atoms with Gasteiger partial charge in [-0.05, 0) is 55.2 Å². The van der Waals surface area contributed by atoms with Gasteiger partial charge in [-0.15, -0.1) is 0 Å². The molecule has 2 aromatic carbocycles. The molecule has 1 amide bonds. The van der Waals surface area contributed by atoms with Crippen LogP contribution in [0.5, 0.6) is 0 Å². The molecule has 0 spiro atoms. The van der Waals surface area contributed by atoms with Crippen molar-refractivity contribution in [3.63, 3.8) is 0 Å². The van der Waals surface area contributed by atoms with E-state index in [2.05, 4.69) is 16.4 Å². The number of aliphatic hydroxyl groups is 1. The van der Waals surface area contributed by atoms with Gasteiger partial charge in [0.05, 0.1) is 6.04 Å². The van der Waals surface area contributed by atoms with Crippen LogP contribution in [0.4, 0.5) is 4.39 Å². The number of rotatable bonds is 6. The third kappa shape index (κ3) is 4.27. The largest absolute Gasteiger partial charge is 0.396 e. The Bertz CT molecular complexity index is 1170. The zero-order valence-corrected chi connectivity index (χ0v) is 17.3. The van der Waals surface area contributed by atoms with E-state index in [0.29, 0.717) is 22.6 Å². The van der Waals surface area contributed by atoms with Gasteiger partial charge in [-0.1, -0.05) is 24.3 Å². The normalized spacial score (nSPS) is 15.0. The number of aliphatic hydroxyl groups excluding tert-OH is 1. The molecule has 2 N–H and O–H groups in total. The van der Waals surface area contributed by atoms with Crippen molar-refractivity contribution in [3.8, 4) is 11.4 Å². The highest BCUT2D eigenvalue weighted by Gasteiger charge is 2.24. The highest BCUT2D eigenvalue weighted by molar-refractivity contribution is 5.77. The Labute approximate surface area is 179 Å². The Hall–Kier alpha value is -3.32. The third-order valence-corrected chi connectivity index (χ3v) is 5.70. The number of aromatic nitrogens is 2. The van der Waals surface area contributed by atoms with Crippen LogP contribution >= 0.6 is 0 Å². The first-order valence-electron chi connectivity index (χ1n) is 10.3. The monoisotopic (exact) mass is 421 g/mol. The van der Waals surface area contributed by atoms with E-state index in [4.69, 9.17) is 0 Å². The molecule has 0 bridgehead atoms. The summed E-state index contributed by atoms with van der Waals surface area (Å²) in [6.07, 6.45) is 1.86. The Balaban J connectivity index is 1.67. The maximum Gasteiger partial charge on any atom is 0.257 e. The summed E-state index contributed by atoms with van der Waals surface area (Å²) in [6, 6.07) is 13.6. The number of nitrogens with zero attached hydrogens (tertiary/aromatic N) is 2. The first-order valence-corrected chi connectivity index (χ1v) is 10.3. The lowest BCUT2D eigenvalue weighted by atomic mass is 10.1. The summed E-state index contributed by atoms with van der Waals surface area (Å²) in [7, 11) is 0. The predicted octanol–water partition coefficient (Wildman–Crippen LogP) is 2.70. The van der Waals surface area contributed by atoms with Gasteiger partial charge in [-0.2, -0.15) is 0 Å². The second kappa shape index (κ2) is 8.81. The number of aryl methyl sites for hydroxylation is 2. The Morgan fingerprint density at radius 3 is 2.71 bits per heavy atom. The summed E-state index contributed by atoms with van der Waals surface area (Å²) >= 11 is 0. The fraction of sp³-hybridized carbons (Fsp3) is 0.292. The minimum Gasteiger partial charge on any atom is -0.396 e. The van der Waals surface area contributed by atoms with E-state index in [-0.39, 0.29) is 37.1 Å². The van der Waals surface area contributed by atoms with Crippen LogP contribution in [0, 0.1) is 12.7 Å². The quantitative estimate of drug-likeness (QED) is 0.641. The minimum absolute atomic E-state index is 0.0935. The molecule has 1 aromatic heterocycles. The number of hydrogen-bond donors (Lipinski definition) is 2. The molecule has 0 radical (unpaired) electrons. The lowest BCUT2D eigenvalue weighted by molar-refractivity contribution is -0.122. The van der Waals surface area contributed by atoms with E-state index in [9.17, 15) is 19.1 Å². The van der Waals surface area contributed by atoms with Crippen LogP contribution in [0.2, 0.25) is 0 Å². The predicted molar refractivity (Wildman–Crippen MR) is 115 cm³/mol. The van der Waals surface area contributed by atoms with Gasteiger partial charge in [0, 0.05) is 29.8 Å². The molecule has 3 aromatic rings. The smallest absolute Gasteiger partial charge is 0.257 e. The van der Waals surface area contributed by atoms with Crippen molar-refractivity contribution in [1.29, 1.82) is 0 Å². The SMILES string of the molecule is Cc1nc(-c2ccc(F)cc2)n(CC(=O)N[C@H]2CCc3ccccc32)c(=O)c1CCO. The molecule has 6 nitrogen and oxygen atoms in total. The number of carbonyl (C=O) groups excluding carboxylic acids is 1. The molecule has 0 unspecified atom stereocenters. The highest BCUT2D eigenvalue weighted by Crippen LogP contribution is 2.30. The third-order valence-electron chi connectivity index (χ3n) is 5.70. The van der Waals surface area contributed by atoms with E-state index in [1.807, 2.05) is 18.2 Å². The van der Waals surface area contributed by atoms with Gasteiger partial charge >= 0.3 is 0 Å². The molecule has 31 heavy (non-hydrogen) atoms. The van der Waals surface area contributed by atoms with Crippen LogP contribution < -0.4 is 10.9 Å². The molecule has 4 rings (SSSR count). The second-order valence-electron chi connectivity index (χ2n) is 7.73. The number of nitrogens with one attached hydrogen (secondary N) is 1. The van der Waals surface area contributed by atoms with Gasteiger partial charge in [0.1, 0.15) is 18.2 Å². The summed E-state index contributed by atoms with van der Waals surface area (Å²) in [5.74, 6) is -0.400. The van der Waals surface area contributed by atoms with E-state index in [0.717, 1.165) is 18.4 Å². The number of fused-ring (bicyclic) bond motifs is 1. The Morgan fingerprint density at radius 1 is 1.23 bits per heavy atom. The first kappa shape index (κ1) is 20.9. The van der Waals surface area contributed by atoms with Gasteiger partial charge in [0.15, 0.2) is 0 Å². The van der Waals surface area contributed by atoms with Crippen molar-refractivity contribution in [1.82, 2.24) is 14.9 Å². The van der Waals surface area contributed by atoms with Crippen molar-refractivity contribution in [2.45, 2.75) is 38.8 Å². The number of halogens is 1. The van der Waals surface area contributed by atoms with Crippen LogP contribution in [0.15, 0.2) is 53.3 Å². The maximum absolute atomic E-state index is 13.4. The summed E-state index contributed by atoms with van der Waals surface area (Å²) in [6.45, 7) is 1.29. The molecule has 7 heteroatoms. The molecular weight excluding hydrogens is 397 g/mol. The fourth-order valence-electron chi connectivity index (χ4n) is 4.16. The average Bonchev–Trinajstić information content (AvgIpc) is 3.16. The topological polar surface area (TPSA) is 84.2 Å². The molecule has 0 aliphatic heterocycles. The van der Waals surface area contributed by atoms with Crippen molar-refractivity contribution in [2.24, 2.45) is 0 Å². The molecule has 160 valence electrons. The summed E-state index contributed by atoms with van der Waals surface area (Å²) in [5.41, 5.74) is 3.34. The van der Waals surface area contributed by atoms with Gasteiger partial charge in [-0.3, -0.25) is 14.2 Å². The molecule has 0 saturated carbocycles. The number of carbonyl (C=O) groups is 1. The zero-order chi connectivity index (χ0) is 22.0. The van der Waals surface area contributed by atoms with E-state index in [1.165, 1.54) is 34.4 Å². The zero-order valence-electron chi connectivity index (χ0n) is 17.3. The standard InChI is InChI=1S/C24H24FN3O3/c1-15-19(12-13-29)24(31)28(23(26-15)17-6-9-18(25)10-7-17)14-22(30)27-21-11-8-16-4-2-3-5-20(16)21/h2-7,9-10,21,29H,8,11-14H2,1H3,(H,27,30)/t21-/m0/s1. The summed E-state index contributed by atoms with van der Waals surface area (Å²) in [5, 5.41) is 12.4. The molecule has 1 aliphatic carbocycles. The van der Waals surface area contributed by atoms with Crippen LogP contribution in [-0.4, -0.2) is 27.2 Å². The number of benzene rings is 2. The summed E-state index contributed by atoms with van der Waals surface area (Å²) < 4.78 is 14.7. The molecule has 1 aliphatic rings. The summed E-state index contributed by atoms with van der Waals surface area (Å²) in [4.78, 5) is 30.6. The van der Waals surface area contributed by atoms with Crippen molar-refractivity contribution < 1.29 is 14.3 Å². The van der Waals surface area contributed by atoms with Crippen LogP contribution in [0.1, 0.15) is 34.8 Å². The van der Waals surface area contributed by atoms with Gasteiger partial charge < -0.3 is 10.4 Å². The van der Waals surface area contributed by atoms with Gasteiger partial charge in [0.25, 0.3) is 5.56 Å². The van der Waals surface area contributed by atoms with E-state index >= 15 is 0 Å². The average molecular weight is 421 g/mol. The van der Waals surface area contributed by atoms with Gasteiger partial charge in [-0.25, -0.2) is 9.37 Å². The van der Waals surface area contributed by atoms with Crippen molar-refractivity contribution >= 4 is 5.91 Å². The van der Waals surface area contributed by atoms with Crippen LogP contribution in [0.3, 0.4) is 0 Å². The molecular formula is C24H24FN3O3.